The highest BCUT2D eigenvalue weighted by atomic mass is 35.5. The molecule has 0 saturated carbocycles. The Morgan fingerprint density at radius 2 is 0.767 bits per heavy atom. The van der Waals surface area contributed by atoms with E-state index in [0.29, 0.717) is 0 Å². The number of halogens is 1. The van der Waals surface area contributed by atoms with Crippen LogP contribution in [0.1, 0.15) is 0 Å². The normalized spacial score (nSPS) is 11.1. The molecule has 0 aliphatic carbocycles. The largest absolute Gasteiger partial charge is 1.00 e. The second-order valence-corrected chi connectivity index (χ2v) is 10.5. The summed E-state index contributed by atoms with van der Waals surface area (Å²) >= 11 is 0. The lowest BCUT2D eigenvalue weighted by molar-refractivity contribution is -0.00000543. The van der Waals surface area contributed by atoms with E-state index in [4.69, 9.17) is 0 Å². The van der Waals surface area contributed by atoms with Gasteiger partial charge in [0, 0.05) is 5.39 Å². The molecule has 0 atom stereocenters. The summed E-state index contributed by atoms with van der Waals surface area (Å²) in [6.45, 7) is 0. The highest BCUT2D eigenvalue weighted by Crippen LogP contribution is 2.55. The van der Waals surface area contributed by atoms with Crippen molar-refractivity contribution in [3.8, 4) is 0 Å². The highest BCUT2D eigenvalue weighted by molar-refractivity contribution is 8.01. The SMILES string of the molecule is [Cl-].c1ccc([P+](c2ccccc2)(c2ccccc2)c2cccc3ccccc23)cc1. The molecule has 0 N–H and O–H groups in total. The summed E-state index contributed by atoms with van der Waals surface area (Å²) in [6, 6.07) is 48.7. The van der Waals surface area contributed by atoms with Crippen molar-refractivity contribution in [3.63, 3.8) is 0 Å². The summed E-state index contributed by atoms with van der Waals surface area (Å²) in [5.74, 6) is 0. The molecule has 2 heteroatoms. The van der Waals surface area contributed by atoms with E-state index in [9.17, 15) is 0 Å². The van der Waals surface area contributed by atoms with Crippen molar-refractivity contribution in [1.29, 1.82) is 0 Å². The second kappa shape index (κ2) is 8.84. The first-order valence-corrected chi connectivity index (χ1v) is 11.7. The summed E-state index contributed by atoms with van der Waals surface area (Å²) in [7, 11) is -2.05. The fourth-order valence-electron chi connectivity index (χ4n) is 4.32. The molecule has 0 aliphatic rings. The van der Waals surface area contributed by atoms with Gasteiger partial charge in [-0.05, 0) is 47.9 Å². The highest BCUT2D eigenvalue weighted by Gasteiger charge is 2.48. The van der Waals surface area contributed by atoms with Gasteiger partial charge in [-0.15, -0.1) is 0 Å². The average molecular weight is 425 g/mol. The first-order chi connectivity index (χ1) is 14.4. The van der Waals surface area contributed by atoms with Gasteiger partial charge in [-0.25, -0.2) is 0 Å². The van der Waals surface area contributed by atoms with Crippen LogP contribution in [0.4, 0.5) is 0 Å². The van der Waals surface area contributed by atoms with Gasteiger partial charge < -0.3 is 12.4 Å². The summed E-state index contributed by atoms with van der Waals surface area (Å²) in [5, 5.41) is 8.19. The Bertz CT molecular complexity index is 1130. The first kappa shape index (κ1) is 20.4. The molecule has 0 fully saturated rings. The molecule has 5 aromatic rings. The molecule has 0 aliphatic heterocycles. The van der Waals surface area contributed by atoms with E-state index in [1.54, 1.807) is 0 Å². The molecule has 0 amide bonds. The minimum Gasteiger partial charge on any atom is -1.00 e. The molecule has 0 bridgehead atoms. The van der Waals surface area contributed by atoms with Crippen LogP contribution in [0.2, 0.25) is 0 Å². The predicted octanol–water partition coefficient (Wildman–Crippen LogP) is 2.46. The Balaban J connectivity index is 0.00000218. The van der Waals surface area contributed by atoms with Crippen LogP contribution >= 0.6 is 7.26 Å². The van der Waals surface area contributed by atoms with E-state index in [1.165, 1.54) is 32.0 Å². The van der Waals surface area contributed by atoms with Gasteiger partial charge in [0.15, 0.2) is 0 Å². The molecule has 30 heavy (non-hydrogen) atoms. The van der Waals surface area contributed by atoms with E-state index < -0.39 is 7.26 Å². The van der Waals surface area contributed by atoms with Crippen LogP contribution in [0, 0.1) is 0 Å². The Morgan fingerprint density at radius 1 is 0.367 bits per heavy atom. The quantitative estimate of drug-likeness (QED) is 0.389. The molecular weight excluding hydrogens is 403 g/mol. The van der Waals surface area contributed by atoms with Crippen LogP contribution in [0.15, 0.2) is 133 Å². The molecule has 0 radical (unpaired) electrons. The second-order valence-electron chi connectivity index (χ2n) is 7.18. The molecule has 0 heterocycles. The third-order valence-electron chi connectivity index (χ3n) is 5.56. The van der Waals surface area contributed by atoms with Crippen molar-refractivity contribution in [2.24, 2.45) is 0 Å². The van der Waals surface area contributed by atoms with Gasteiger partial charge in [0.1, 0.15) is 28.5 Å². The zero-order valence-corrected chi connectivity index (χ0v) is 18.2. The zero-order chi connectivity index (χ0) is 19.5. The zero-order valence-electron chi connectivity index (χ0n) is 16.5. The van der Waals surface area contributed by atoms with Crippen LogP contribution in [0.25, 0.3) is 10.8 Å². The van der Waals surface area contributed by atoms with Crippen molar-refractivity contribution in [1.82, 2.24) is 0 Å². The van der Waals surface area contributed by atoms with Crippen LogP contribution in [0.3, 0.4) is 0 Å². The number of hydrogen-bond acceptors (Lipinski definition) is 0. The molecular formula is C28H22ClP. The minimum absolute atomic E-state index is 0. The Kier molecular flexibility index (Phi) is 6.00. The Hall–Kier alpha value is -2.92. The molecule has 0 unspecified atom stereocenters. The van der Waals surface area contributed by atoms with E-state index >= 15 is 0 Å². The van der Waals surface area contributed by atoms with Gasteiger partial charge in [-0.1, -0.05) is 91.0 Å². The lowest BCUT2D eigenvalue weighted by Gasteiger charge is -2.28. The van der Waals surface area contributed by atoms with E-state index in [-0.39, 0.29) is 12.4 Å². The number of hydrogen-bond donors (Lipinski definition) is 0. The van der Waals surface area contributed by atoms with Gasteiger partial charge in [-0.2, -0.15) is 0 Å². The third-order valence-corrected chi connectivity index (χ3v) is 9.89. The molecule has 0 saturated heterocycles. The lowest BCUT2D eigenvalue weighted by atomic mass is 10.1. The van der Waals surface area contributed by atoms with Gasteiger partial charge in [-0.3, -0.25) is 0 Å². The van der Waals surface area contributed by atoms with Crippen molar-refractivity contribution in [2.45, 2.75) is 0 Å². The fraction of sp³-hybridized carbons (Fsp3) is 0. The maximum Gasteiger partial charge on any atom is 0.144 e. The van der Waals surface area contributed by atoms with Crippen molar-refractivity contribution >= 4 is 39.3 Å². The van der Waals surface area contributed by atoms with Gasteiger partial charge in [0.2, 0.25) is 0 Å². The lowest BCUT2D eigenvalue weighted by Crippen LogP contribution is -3.00. The van der Waals surface area contributed by atoms with E-state index in [1.807, 2.05) is 0 Å². The average Bonchev–Trinajstić information content (AvgIpc) is 2.82. The molecule has 5 aromatic carbocycles. The van der Waals surface area contributed by atoms with Crippen LogP contribution in [0.5, 0.6) is 0 Å². The van der Waals surface area contributed by atoms with Gasteiger partial charge in [0.05, 0.1) is 0 Å². The Labute approximate surface area is 185 Å². The third kappa shape index (κ3) is 3.33. The molecule has 146 valence electrons. The van der Waals surface area contributed by atoms with Crippen LogP contribution < -0.4 is 33.6 Å². The monoisotopic (exact) mass is 424 g/mol. The topological polar surface area (TPSA) is 0 Å². The summed E-state index contributed by atoms with van der Waals surface area (Å²) in [6.07, 6.45) is 0. The molecule has 0 nitrogen and oxygen atoms in total. The standard InChI is InChI=1S/C28H22P.ClH/c1-4-15-24(16-5-1)29(25-17-6-2-7-18-25,26-19-8-3-9-20-26)28-22-12-14-23-13-10-11-21-27(23)28;/h1-22H;1H/q+1;/p-1. The van der Waals surface area contributed by atoms with E-state index in [2.05, 4.69) is 133 Å². The van der Waals surface area contributed by atoms with Crippen LogP contribution in [-0.4, -0.2) is 0 Å². The number of fused-ring (bicyclic) bond motifs is 1. The maximum absolute atomic E-state index is 2.34. The van der Waals surface area contributed by atoms with Crippen molar-refractivity contribution in [2.75, 3.05) is 0 Å². The first-order valence-electron chi connectivity index (χ1n) is 9.95. The minimum atomic E-state index is -2.05. The number of benzene rings is 5. The molecule has 0 spiro atoms. The number of rotatable bonds is 4. The fourth-order valence-corrected chi connectivity index (χ4v) is 8.78. The summed E-state index contributed by atoms with van der Waals surface area (Å²) < 4.78 is 0. The van der Waals surface area contributed by atoms with Crippen molar-refractivity contribution < 1.29 is 12.4 Å². The van der Waals surface area contributed by atoms with E-state index in [0.717, 1.165) is 0 Å². The summed E-state index contributed by atoms with van der Waals surface area (Å²) in [5.41, 5.74) is 0. The van der Waals surface area contributed by atoms with Crippen molar-refractivity contribution in [3.05, 3.63) is 133 Å². The molecule has 5 rings (SSSR count). The van der Waals surface area contributed by atoms with Crippen LogP contribution in [-0.2, 0) is 0 Å². The van der Waals surface area contributed by atoms with Gasteiger partial charge in [0.25, 0.3) is 0 Å². The van der Waals surface area contributed by atoms with Gasteiger partial charge >= 0.3 is 0 Å². The maximum atomic E-state index is 2.34. The smallest absolute Gasteiger partial charge is 0.144 e. The summed E-state index contributed by atoms with van der Waals surface area (Å²) in [4.78, 5) is 0. The Morgan fingerprint density at radius 3 is 1.27 bits per heavy atom. The predicted molar refractivity (Wildman–Crippen MR) is 129 cm³/mol. The molecule has 0 aromatic heterocycles.